The summed E-state index contributed by atoms with van der Waals surface area (Å²) in [4.78, 5) is 18.1. The largest absolute Gasteiger partial charge is 0.396 e. The van der Waals surface area contributed by atoms with Crippen molar-refractivity contribution in [3.8, 4) is 0 Å². The first-order valence-corrected chi connectivity index (χ1v) is 7.37. The summed E-state index contributed by atoms with van der Waals surface area (Å²) in [6, 6.07) is -0.117. The summed E-state index contributed by atoms with van der Waals surface area (Å²) in [5.41, 5.74) is -0.193. The van der Waals surface area contributed by atoms with Gasteiger partial charge in [-0.15, -0.1) is 0 Å². The Morgan fingerprint density at radius 1 is 1.43 bits per heavy atom. The highest BCUT2D eigenvalue weighted by atomic mass is 16.5. The lowest BCUT2D eigenvalue weighted by molar-refractivity contribution is 0.137. The molecule has 0 aromatic carbocycles. The van der Waals surface area contributed by atoms with Crippen molar-refractivity contribution in [1.29, 1.82) is 0 Å². The molecule has 0 atom stereocenters. The van der Waals surface area contributed by atoms with Crippen LogP contribution >= 0.6 is 0 Å². The minimum atomic E-state index is -0.193. The lowest BCUT2D eigenvalue weighted by Crippen LogP contribution is -2.44. The second-order valence-electron chi connectivity index (χ2n) is 6.54. The van der Waals surface area contributed by atoms with Crippen molar-refractivity contribution in [3.63, 3.8) is 0 Å². The van der Waals surface area contributed by atoms with E-state index in [9.17, 15) is 4.79 Å². The summed E-state index contributed by atoms with van der Waals surface area (Å²) in [5.74, 6) is 1.37. The van der Waals surface area contributed by atoms with E-state index in [1.54, 1.807) is 4.90 Å². The van der Waals surface area contributed by atoms with Crippen molar-refractivity contribution in [1.82, 2.24) is 20.4 Å². The molecule has 1 aromatic rings. The van der Waals surface area contributed by atoms with Crippen LogP contribution < -0.4 is 5.32 Å². The molecule has 2 rings (SSSR count). The summed E-state index contributed by atoms with van der Waals surface area (Å²) in [6.45, 7) is 7.80. The number of hydrogen-bond acceptors (Lipinski definition) is 5. The molecule has 1 aliphatic heterocycles. The second kappa shape index (κ2) is 6.43. The number of urea groups is 1. The van der Waals surface area contributed by atoms with E-state index in [0.717, 1.165) is 12.8 Å². The van der Waals surface area contributed by atoms with Crippen molar-refractivity contribution >= 4 is 6.03 Å². The Balaban J connectivity index is 1.80. The van der Waals surface area contributed by atoms with Crippen LogP contribution in [0.2, 0.25) is 0 Å². The van der Waals surface area contributed by atoms with Gasteiger partial charge >= 0.3 is 6.03 Å². The first-order valence-electron chi connectivity index (χ1n) is 7.37. The van der Waals surface area contributed by atoms with Gasteiger partial charge in [-0.2, -0.15) is 4.98 Å². The van der Waals surface area contributed by atoms with Crippen molar-refractivity contribution in [2.75, 3.05) is 19.7 Å². The zero-order chi connectivity index (χ0) is 15.5. The Hall–Kier alpha value is -1.63. The fraction of sp³-hybridized carbons (Fsp3) is 0.786. The number of nitrogens with one attached hydrogen (secondary N) is 1. The molecule has 1 saturated heterocycles. The smallest absolute Gasteiger partial charge is 0.317 e. The standard InChI is InChI=1S/C14H24N4O3/c1-14(2,3)12-16-11(17-21-12)8-15-13(20)18-6-4-10(9-19)5-7-18/h10,19H,4-9H2,1-3H3,(H,15,20). The minimum Gasteiger partial charge on any atom is -0.396 e. The average Bonchev–Trinajstić information content (AvgIpc) is 2.94. The molecule has 1 aromatic heterocycles. The molecule has 0 bridgehead atoms. The van der Waals surface area contributed by atoms with Crippen LogP contribution in [0.4, 0.5) is 4.79 Å². The Kier molecular flexibility index (Phi) is 4.82. The number of piperidine rings is 1. The van der Waals surface area contributed by atoms with Gasteiger partial charge in [-0.1, -0.05) is 25.9 Å². The van der Waals surface area contributed by atoms with E-state index in [1.165, 1.54) is 0 Å². The summed E-state index contributed by atoms with van der Waals surface area (Å²) >= 11 is 0. The number of aliphatic hydroxyl groups is 1. The van der Waals surface area contributed by atoms with Crippen LogP contribution in [0.15, 0.2) is 4.52 Å². The normalized spacial score (nSPS) is 17.0. The Labute approximate surface area is 124 Å². The third-order valence-electron chi connectivity index (χ3n) is 3.67. The van der Waals surface area contributed by atoms with Crippen LogP contribution in [0.5, 0.6) is 0 Å². The number of hydrogen-bond donors (Lipinski definition) is 2. The molecule has 2 N–H and O–H groups in total. The van der Waals surface area contributed by atoms with Gasteiger partial charge in [0, 0.05) is 25.1 Å². The number of carbonyl (C=O) groups is 1. The maximum atomic E-state index is 12.0. The third kappa shape index (κ3) is 4.17. The molecule has 7 heteroatoms. The van der Waals surface area contributed by atoms with Gasteiger partial charge in [0.1, 0.15) is 0 Å². The minimum absolute atomic E-state index is 0.117. The monoisotopic (exact) mass is 296 g/mol. The van der Waals surface area contributed by atoms with Gasteiger partial charge in [0.05, 0.1) is 6.54 Å². The Morgan fingerprint density at radius 2 is 2.10 bits per heavy atom. The molecule has 21 heavy (non-hydrogen) atoms. The number of nitrogens with zero attached hydrogens (tertiary/aromatic N) is 3. The van der Waals surface area contributed by atoms with Crippen molar-refractivity contribution in [2.45, 2.75) is 45.6 Å². The van der Waals surface area contributed by atoms with Crippen molar-refractivity contribution in [2.24, 2.45) is 5.92 Å². The molecule has 2 heterocycles. The van der Waals surface area contributed by atoms with Crippen LogP contribution in [-0.4, -0.2) is 45.9 Å². The van der Waals surface area contributed by atoms with E-state index in [0.29, 0.717) is 30.7 Å². The number of rotatable bonds is 3. The van der Waals surface area contributed by atoms with E-state index in [1.807, 2.05) is 20.8 Å². The molecule has 0 unspecified atom stereocenters. The molecule has 0 spiro atoms. The fourth-order valence-corrected chi connectivity index (χ4v) is 2.22. The number of aliphatic hydroxyl groups excluding tert-OH is 1. The number of aromatic nitrogens is 2. The van der Waals surface area contributed by atoms with Gasteiger partial charge in [0.15, 0.2) is 5.82 Å². The van der Waals surface area contributed by atoms with Crippen LogP contribution in [0.25, 0.3) is 0 Å². The molecular weight excluding hydrogens is 272 g/mol. The highest BCUT2D eigenvalue weighted by Crippen LogP contribution is 2.19. The zero-order valence-corrected chi connectivity index (χ0v) is 12.9. The molecule has 2 amide bonds. The van der Waals surface area contributed by atoms with Crippen molar-refractivity contribution in [3.05, 3.63) is 11.7 Å². The maximum Gasteiger partial charge on any atom is 0.317 e. The molecule has 0 radical (unpaired) electrons. The third-order valence-corrected chi connectivity index (χ3v) is 3.67. The van der Waals surface area contributed by atoms with Gasteiger partial charge in [0.2, 0.25) is 5.89 Å². The molecule has 1 fully saturated rings. The number of carbonyl (C=O) groups excluding carboxylic acids is 1. The summed E-state index contributed by atoms with van der Waals surface area (Å²) < 4.78 is 5.18. The second-order valence-corrected chi connectivity index (χ2v) is 6.54. The average molecular weight is 296 g/mol. The van der Waals surface area contributed by atoms with Crippen LogP contribution in [0.3, 0.4) is 0 Å². The first kappa shape index (κ1) is 15.8. The SMILES string of the molecule is CC(C)(C)c1nc(CNC(=O)N2CCC(CO)CC2)no1. The maximum absolute atomic E-state index is 12.0. The highest BCUT2D eigenvalue weighted by molar-refractivity contribution is 5.74. The number of likely N-dealkylation sites (tertiary alicyclic amines) is 1. The van der Waals surface area contributed by atoms with Crippen LogP contribution in [0, 0.1) is 5.92 Å². The van der Waals surface area contributed by atoms with Gasteiger partial charge in [-0.3, -0.25) is 0 Å². The lowest BCUT2D eigenvalue weighted by Gasteiger charge is -2.30. The molecular formula is C14H24N4O3. The quantitative estimate of drug-likeness (QED) is 0.876. The fourth-order valence-electron chi connectivity index (χ4n) is 2.22. The molecule has 0 saturated carbocycles. The topological polar surface area (TPSA) is 91.5 Å². The molecule has 1 aliphatic rings. The molecule has 7 nitrogen and oxygen atoms in total. The Bertz CT molecular complexity index is 473. The predicted octanol–water partition coefficient (Wildman–Crippen LogP) is 1.28. The van der Waals surface area contributed by atoms with Crippen molar-refractivity contribution < 1.29 is 14.4 Å². The molecule has 0 aliphatic carbocycles. The lowest BCUT2D eigenvalue weighted by atomic mass is 9.97. The predicted molar refractivity (Wildman–Crippen MR) is 76.6 cm³/mol. The van der Waals surface area contributed by atoms with E-state index in [2.05, 4.69) is 15.5 Å². The van der Waals surface area contributed by atoms with Gasteiger partial charge in [-0.25, -0.2) is 4.79 Å². The Morgan fingerprint density at radius 3 is 2.62 bits per heavy atom. The highest BCUT2D eigenvalue weighted by Gasteiger charge is 2.24. The first-order chi connectivity index (χ1) is 9.90. The van der Waals surface area contributed by atoms with Gasteiger partial charge in [-0.05, 0) is 18.8 Å². The zero-order valence-electron chi connectivity index (χ0n) is 12.9. The molecule has 118 valence electrons. The van der Waals surface area contributed by atoms with E-state index >= 15 is 0 Å². The van der Waals surface area contributed by atoms with Crippen LogP contribution in [0.1, 0.15) is 45.3 Å². The number of amides is 2. The van der Waals surface area contributed by atoms with Gasteiger partial charge in [0.25, 0.3) is 0 Å². The summed E-state index contributed by atoms with van der Waals surface area (Å²) in [5, 5.41) is 15.8. The summed E-state index contributed by atoms with van der Waals surface area (Å²) in [7, 11) is 0. The van der Waals surface area contributed by atoms with E-state index in [4.69, 9.17) is 9.63 Å². The van der Waals surface area contributed by atoms with Crippen LogP contribution in [-0.2, 0) is 12.0 Å². The van der Waals surface area contributed by atoms with E-state index < -0.39 is 0 Å². The van der Waals surface area contributed by atoms with Gasteiger partial charge < -0.3 is 19.8 Å². The summed E-state index contributed by atoms with van der Waals surface area (Å²) in [6.07, 6.45) is 1.70. The van der Waals surface area contributed by atoms with E-state index in [-0.39, 0.29) is 24.6 Å².